The number of imidazole rings is 1. The lowest BCUT2D eigenvalue weighted by atomic mass is 9.87. The van der Waals surface area contributed by atoms with E-state index in [1.807, 2.05) is 24.0 Å². The highest BCUT2D eigenvalue weighted by atomic mass is 15.1. The van der Waals surface area contributed by atoms with E-state index in [9.17, 15) is 0 Å². The average molecular weight is 285 g/mol. The fourth-order valence-electron chi connectivity index (χ4n) is 2.86. The molecule has 2 heterocycles. The highest BCUT2D eigenvalue weighted by Crippen LogP contribution is 2.25. The summed E-state index contributed by atoms with van der Waals surface area (Å²) in [5, 5.41) is 3.53. The van der Waals surface area contributed by atoms with Crippen molar-refractivity contribution in [3.8, 4) is 11.5 Å². The Labute approximate surface area is 125 Å². The summed E-state index contributed by atoms with van der Waals surface area (Å²) in [5.41, 5.74) is 3.49. The van der Waals surface area contributed by atoms with E-state index < -0.39 is 0 Å². The zero-order chi connectivity index (χ0) is 14.8. The normalized spacial score (nSPS) is 18.0. The Morgan fingerprint density at radius 1 is 1.38 bits per heavy atom. The van der Waals surface area contributed by atoms with Gasteiger partial charge in [-0.15, -0.1) is 0 Å². The molecule has 5 heteroatoms. The minimum Gasteiger partial charge on any atom is -0.331 e. The van der Waals surface area contributed by atoms with Crippen LogP contribution in [0.1, 0.15) is 31.5 Å². The Bertz CT molecular complexity index is 617. The first kappa shape index (κ1) is 14.2. The molecular weight excluding hydrogens is 262 g/mol. The van der Waals surface area contributed by atoms with E-state index >= 15 is 0 Å². The molecule has 0 saturated heterocycles. The maximum atomic E-state index is 4.75. The molecule has 1 N–H and O–H groups in total. The van der Waals surface area contributed by atoms with E-state index in [1.165, 1.54) is 17.7 Å². The summed E-state index contributed by atoms with van der Waals surface area (Å²) in [7, 11) is 1.97. The van der Waals surface area contributed by atoms with E-state index in [1.54, 1.807) is 6.33 Å². The van der Waals surface area contributed by atoms with Gasteiger partial charge in [0.15, 0.2) is 5.82 Å². The second-order valence-corrected chi connectivity index (χ2v) is 6.23. The first-order chi connectivity index (χ1) is 10.1. The van der Waals surface area contributed by atoms with Gasteiger partial charge in [0, 0.05) is 25.0 Å². The molecule has 3 rings (SSSR count). The van der Waals surface area contributed by atoms with Crippen LogP contribution in [-0.4, -0.2) is 32.1 Å². The first-order valence-corrected chi connectivity index (χ1v) is 7.68. The summed E-state index contributed by atoms with van der Waals surface area (Å²) in [6, 6.07) is 0.551. The van der Waals surface area contributed by atoms with Crippen molar-refractivity contribution in [3.05, 3.63) is 30.0 Å². The Balaban J connectivity index is 1.75. The minimum absolute atomic E-state index is 0.551. The standard InChI is InChI=1S/C16H23N5/c1-11(2)18-7-12-4-5-14-13(6-12)8-19-16(20-14)15-9-17-10-21(15)3/h8-12,18H,4-7H2,1-3H3. The smallest absolute Gasteiger partial charge is 0.178 e. The van der Waals surface area contributed by atoms with Gasteiger partial charge < -0.3 is 9.88 Å². The molecule has 2 aromatic rings. The van der Waals surface area contributed by atoms with E-state index in [-0.39, 0.29) is 0 Å². The van der Waals surface area contributed by atoms with Crippen LogP contribution in [0.2, 0.25) is 0 Å². The van der Waals surface area contributed by atoms with Gasteiger partial charge in [-0.05, 0) is 37.3 Å². The predicted molar refractivity (Wildman–Crippen MR) is 82.9 cm³/mol. The van der Waals surface area contributed by atoms with Gasteiger partial charge in [0.2, 0.25) is 0 Å². The van der Waals surface area contributed by atoms with Crippen LogP contribution in [0.4, 0.5) is 0 Å². The maximum Gasteiger partial charge on any atom is 0.178 e. The van der Waals surface area contributed by atoms with Gasteiger partial charge >= 0.3 is 0 Å². The van der Waals surface area contributed by atoms with Gasteiger partial charge in [0.1, 0.15) is 5.69 Å². The SMILES string of the molecule is CC(C)NCC1CCc2nc(-c3cncn3C)ncc2C1. The van der Waals surface area contributed by atoms with Gasteiger partial charge in [-0.25, -0.2) is 15.0 Å². The molecule has 0 fully saturated rings. The number of fused-ring (bicyclic) bond motifs is 1. The molecule has 1 atom stereocenters. The third-order valence-electron chi connectivity index (χ3n) is 4.11. The minimum atomic E-state index is 0.551. The molecule has 5 nitrogen and oxygen atoms in total. The van der Waals surface area contributed by atoms with E-state index in [0.717, 1.165) is 30.9 Å². The van der Waals surface area contributed by atoms with Crippen molar-refractivity contribution < 1.29 is 0 Å². The maximum absolute atomic E-state index is 4.75. The van der Waals surface area contributed by atoms with E-state index in [4.69, 9.17) is 4.98 Å². The van der Waals surface area contributed by atoms with Crippen molar-refractivity contribution >= 4 is 0 Å². The third-order valence-corrected chi connectivity index (χ3v) is 4.11. The molecule has 1 aliphatic carbocycles. The third kappa shape index (κ3) is 3.13. The lowest BCUT2D eigenvalue weighted by Crippen LogP contribution is -2.32. The number of hydrogen-bond donors (Lipinski definition) is 1. The molecule has 0 radical (unpaired) electrons. The zero-order valence-corrected chi connectivity index (χ0v) is 13.0. The van der Waals surface area contributed by atoms with Crippen LogP contribution in [0.5, 0.6) is 0 Å². The van der Waals surface area contributed by atoms with Gasteiger partial charge in [-0.3, -0.25) is 0 Å². The van der Waals surface area contributed by atoms with Crippen molar-refractivity contribution in [2.75, 3.05) is 6.54 Å². The molecule has 2 aromatic heterocycles. The Kier molecular flexibility index (Phi) is 4.01. The van der Waals surface area contributed by atoms with Crippen molar-refractivity contribution in [2.24, 2.45) is 13.0 Å². The van der Waals surface area contributed by atoms with E-state index in [0.29, 0.717) is 12.0 Å². The van der Waals surface area contributed by atoms with Crippen molar-refractivity contribution in [1.82, 2.24) is 24.8 Å². The van der Waals surface area contributed by atoms with Gasteiger partial charge in [-0.1, -0.05) is 13.8 Å². The summed E-state index contributed by atoms with van der Waals surface area (Å²) >= 11 is 0. The zero-order valence-electron chi connectivity index (χ0n) is 13.0. The number of nitrogens with zero attached hydrogens (tertiary/aromatic N) is 4. The van der Waals surface area contributed by atoms with Crippen LogP contribution >= 0.6 is 0 Å². The second kappa shape index (κ2) is 5.93. The monoisotopic (exact) mass is 285 g/mol. The van der Waals surface area contributed by atoms with Crippen LogP contribution in [0.15, 0.2) is 18.7 Å². The van der Waals surface area contributed by atoms with Crippen molar-refractivity contribution in [3.63, 3.8) is 0 Å². The van der Waals surface area contributed by atoms with Crippen LogP contribution in [0.25, 0.3) is 11.5 Å². The van der Waals surface area contributed by atoms with E-state index in [2.05, 4.69) is 29.1 Å². The summed E-state index contributed by atoms with van der Waals surface area (Å²) in [6.45, 7) is 5.47. The number of hydrogen-bond acceptors (Lipinski definition) is 4. The molecule has 0 aliphatic heterocycles. The van der Waals surface area contributed by atoms with Crippen LogP contribution in [0, 0.1) is 5.92 Å². The molecule has 112 valence electrons. The highest BCUT2D eigenvalue weighted by molar-refractivity contribution is 5.49. The van der Waals surface area contributed by atoms with Gasteiger partial charge in [-0.2, -0.15) is 0 Å². The first-order valence-electron chi connectivity index (χ1n) is 7.68. The number of nitrogens with one attached hydrogen (secondary N) is 1. The van der Waals surface area contributed by atoms with Crippen molar-refractivity contribution in [1.29, 1.82) is 0 Å². The summed E-state index contributed by atoms with van der Waals surface area (Å²) in [6.07, 6.45) is 8.94. The number of aryl methyl sites for hydroxylation is 2. The molecule has 21 heavy (non-hydrogen) atoms. The summed E-state index contributed by atoms with van der Waals surface area (Å²) in [4.78, 5) is 13.4. The van der Waals surface area contributed by atoms with Gasteiger partial charge in [0.25, 0.3) is 0 Å². The van der Waals surface area contributed by atoms with Gasteiger partial charge in [0.05, 0.1) is 12.5 Å². The van der Waals surface area contributed by atoms with Crippen molar-refractivity contribution in [2.45, 2.75) is 39.2 Å². The lowest BCUT2D eigenvalue weighted by Gasteiger charge is -2.25. The predicted octanol–water partition coefficient (Wildman–Crippen LogP) is 1.98. The fourth-order valence-corrected chi connectivity index (χ4v) is 2.86. The molecule has 0 bridgehead atoms. The molecule has 1 aliphatic rings. The van der Waals surface area contributed by atoms with Crippen LogP contribution < -0.4 is 5.32 Å². The Hall–Kier alpha value is -1.75. The molecule has 0 saturated carbocycles. The molecule has 0 aromatic carbocycles. The van der Waals surface area contributed by atoms with Crippen LogP contribution in [-0.2, 0) is 19.9 Å². The number of rotatable bonds is 4. The van der Waals surface area contributed by atoms with Crippen LogP contribution in [0.3, 0.4) is 0 Å². The average Bonchev–Trinajstić information content (AvgIpc) is 2.90. The quantitative estimate of drug-likeness (QED) is 0.933. The fraction of sp³-hybridized carbons (Fsp3) is 0.562. The topological polar surface area (TPSA) is 55.6 Å². The molecule has 1 unspecified atom stereocenters. The number of aromatic nitrogens is 4. The summed E-state index contributed by atoms with van der Waals surface area (Å²) in [5.74, 6) is 1.48. The molecule has 0 spiro atoms. The lowest BCUT2D eigenvalue weighted by molar-refractivity contribution is 0.402. The Morgan fingerprint density at radius 3 is 2.95 bits per heavy atom. The Morgan fingerprint density at radius 2 is 2.24 bits per heavy atom. The molecular formula is C16H23N5. The molecule has 0 amide bonds. The largest absolute Gasteiger partial charge is 0.331 e. The highest BCUT2D eigenvalue weighted by Gasteiger charge is 2.21. The second-order valence-electron chi connectivity index (χ2n) is 6.23. The summed E-state index contributed by atoms with van der Waals surface area (Å²) < 4.78 is 1.96.